The Morgan fingerprint density at radius 3 is 2.93 bits per heavy atom. The lowest BCUT2D eigenvalue weighted by Crippen LogP contribution is -2.27. The monoisotopic (exact) mass is 208 g/mol. The molecular weight excluding hydrogens is 203 g/mol. The van der Waals surface area contributed by atoms with Gasteiger partial charge in [-0.1, -0.05) is 0 Å². The van der Waals surface area contributed by atoms with Crippen LogP contribution in [-0.2, 0) is 4.79 Å². The average Bonchev–Trinajstić information content (AvgIpc) is 2.19. The number of aliphatic carboxylic acids is 1. The molecule has 0 radical (unpaired) electrons. The Balaban J connectivity index is 2.53. The van der Waals surface area contributed by atoms with Crippen LogP contribution in [0.3, 0.4) is 0 Å². The van der Waals surface area contributed by atoms with E-state index in [0.29, 0.717) is 0 Å². The van der Waals surface area contributed by atoms with Gasteiger partial charge in [0.15, 0.2) is 17.5 Å². The van der Waals surface area contributed by atoms with Gasteiger partial charge in [-0.3, -0.25) is 9.59 Å². The summed E-state index contributed by atoms with van der Waals surface area (Å²) in [4.78, 5) is 29.4. The van der Waals surface area contributed by atoms with Crippen molar-refractivity contribution < 1.29 is 19.1 Å². The Hall–Kier alpha value is -2.11. The first kappa shape index (κ1) is 9.45. The molecule has 0 amide bonds. The molecule has 1 unspecified atom stereocenters. The zero-order valence-electron chi connectivity index (χ0n) is 7.35. The molecule has 1 aromatic heterocycles. The van der Waals surface area contributed by atoms with Crippen molar-refractivity contribution in [2.75, 3.05) is 0 Å². The van der Waals surface area contributed by atoms with Gasteiger partial charge in [0.1, 0.15) is 5.82 Å². The van der Waals surface area contributed by atoms with Gasteiger partial charge in [-0.15, -0.1) is 0 Å². The molecule has 0 saturated carbocycles. The third-order valence-corrected chi connectivity index (χ3v) is 1.99. The van der Waals surface area contributed by atoms with Crippen LogP contribution in [0.25, 0.3) is 0 Å². The Labute approximate surface area is 83.3 Å². The summed E-state index contributed by atoms with van der Waals surface area (Å²) >= 11 is 0. The maximum Gasteiger partial charge on any atom is 0.319 e. The lowest BCUT2D eigenvalue weighted by molar-refractivity contribution is -0.137. The second-order valence-electron chi connectivity index (χ2n) is 2.98. The molecule has 15 heavy (non-hydrogen) atoms. The molecule has 0 spiro atoms. The number of aromatic nitrogens is 1. The minimum Gasteiger partial charge on any atom is -0.480 e. The molecule has 5 nitrogen and oxygen atoms in total. The first-order valence-corrected chi connectivity index (χ1v) is 4.06. The predicted octanol–water partition coefficient (Wildman–Crippen LogP) is 0.820. The van der Waals surface area contributed by atoms with E-state index in [-0.39, 0.29) is 11.4 Å². The number of fused-ring (bicyclic) bond motifs is 1. The molecule has 1 N–H and O–H groups in total. The maximum absolute atomic E-state index is 12.8. The number of hydrogen-bond acceptors (Lipinski definition) is 4. The highest BCUT2D eigenvalue weighted by Gasteiger charge is 2.31. The molecule has 1 aliphatic rings. The molecular formula is C9H5FN2O3. The number of aliphatic imine (C=N–C) groups is 1. The van der Waals surface area contributed by atoms with E-state index >= 15 is 0 Å². The summed E-state index contributed by atoms with van der Waals surface area (Å²) in [5.41, 5.74) is -0.0927. The summed E-state index contributed by atoms with van der Waals surface area (Å²) < 4.78 is 12.8. The maximum atomic E-state index is 12.8. The molecule has 0 bridgehead atoms. The van der Waals surface area contributed by atoms with Crippen molar-refractivity contribution >= 4 is 23.8 Å². The average molecular weight is 208 g/mol. The Bertz CT molecular complexity index is 484. The number of carbonyl (C=O) groups excluding carboxylic acids is 1. The second-order valence-corrected chi connectivity index (χ2v) is 2.98. The predicted molar refractivity (Wildman–Crippen MR) is 47.8 cm³/mol. The van der Waals surface area contributed by atoms with Gasteiger partial charge >= 0.3 is 5.97 Å². The van der Waals surface area contributed by atoms with Crippen LogP contribution in [0.1, 0.15) is 10.4 Å². The molecule has 1 atom stereocenters. The topological polar surface area (TPSA) is 79.6 Å². The van der Waals surface area contributed by atoms with Gasteiger partial charge in [-0.25, -0.2) is 14.4 Å². The molecule has 0 fully saturated rings. The van der Waals surface area contributed by atoms with Crippen molar-refractivity contribution in [2.45, 2.75) is 0 Å². The van der Waals surface area contributed by atoms with E-state index < -0.39 is 23.5 Å². The lowest BCUT2D eigenvalue weighted by Gasteiger charge is -2.12. The van der Waals surface area contributed by atoms with Gasteiger partial charge in [0.2, 0.25) is 0 Å². The van der Waals surface area contributed by atoms with Crippen LogP contribution in [0.4, 0.5) is 10.2 Å². The fourth-order valence-corrected chi connectivity index (χ4v) is 1.27. The van der Waals surface area contributed by atoms with Crippen molar-refractivity contribution in [3.63, 3.8) is 0 Å². The molecule has 0 aromatic carbocycles. The smallest absolute Gasteiger partial charge is 0.319 e. The molecule has 1 aliphatic heterocycles. The Kier molecular flexibility index (Phi) is 2.03. The quantitative estimate of drug-likeness (QED) is 0.693. The summed E-state index contributed by atoms with van der Waals surface area (Å²) in [5.74, 6) is -3.98. The van der Waals surface area contributed by atoms with Crippen molar-refractivity contribution in [1.82, 2.24) is 4.98 Å². The normalized spacial score (nSPS) is 18.7. The van der Waals surface area contributed by atoms with E-state index in [9.17, 15) is 14.0 Å². The van der Waals surface area contributed by atoms with Crippen molar-refractivity contribution in [3.05, 3.63) is 23.6 Å². The van der Waals surface area contributed by atoms with Gasteiger partial charge in [0.25, 0.3) is 0 Å². The summed E-state index contributed by atoms with van der Waals surface area (Å²) in [6, 6.07) is 0.942. The van der Waals surface area contributed by atoms with Crippen LogP contribution in [0.2, 0.25) is 0 Å². The van der Waals surface area contributed by atoms with Gasteiger partial charge < -0.3 is 5.11 Å². The highest BCUT2D eigenvalue weighted by molar-refractivity contribution is 6.21. The number of carboxylic acid groups (broad SMARTS) is 1. The van der Waals surface area contributed by atoms with E-state index in [2.05, 4.69) is 9.98 Å². The Morgan fingerprint density at radius 2 is 2.27 bits per heavy atom. The molecule has 0 saturated heterocycles. The number of pyridine rings is 1. The number of carbonyl (C=O) groups is 2. The van der Waals surface area contributed by atoms with Gasteiger partial charge in [0.05, 0.1) is 11.8 Å². The molecule has 0 aliphatic carbocycles. The highest BCUT2D eigenvalue weighted by Crippen LogP contribution is 2.24. The number of carboxylic acids is 1. The van der Waals surface area contributed by atoms with Crippen LogP contribution < -0.4 is 0 Å². The largest absolute Gasteiger partial charge is 0.480 e. The third kappa shape index (κ3) is 1.50. The zero-order chi connectivity index (χ0) is 11.0. The van der Waals surface area contributed by atoms with E-state index in [1.54, 1.807) is 0 Å². The van der Waals surface area contributed by atoms with Crippen LogP contribution in [0, 0.1) is 11.7 Å². The molecule has 2 rings (SSSR count). The fraction of sp³-hybridized carbons (Fsp3) is 0.111. The summed E-state index contributed by atoms with van der Waals surface area (Å²) in [7, 11) is 0. The zero-order valence-corrected chi connectivity index (χ0v) is 7.35. The number of ketones is 1. The second kappa shape index (κ2) is 3.23. The lowest BCUT2D eigenvalue weighted by atomic mass is 9.97. The van der Waals surface area contributed by atoms with Crippen molar-refractivity contribution in [2.24, 2.45) is 10.9 Å². The van der Waals surface area contributed by atoms with Crippen LogP contribution in [-0.4, -0.2) is 28.1 Å². The third-order valence-electron chi connectivity index (χ3n) is 1.99. The fourth-order valence-electron chi connectivity index (χ4n) is 1.27. The minimum absolute atomic E-state index is 0.0545. The Morgan fingerprint density at radius 1 is 1.53 bits per heavy atom. The van der Waals surface area contributed by atoms with Gasteiger partial charge in [0, 0.05) is 6.21 Å². The van der Waals surface area contributed by atoms with E-state index in [1.165, 1.54) is 0 Å². The first-order valence-electron chi connectivity index (χ1n) is 4.06. The molecule has 1 aromatic rings. The number of halogens is 1. The number of hydrogen-bond donors (Lipinski definition) is 1. The summed E-state index contributed by atoms with van der Waals surface area (Å²) in [6.45, 7) is 0. The molecule has 76 valence electrons. The van der Waals surface area contributed by atoms with E-state index in [4.69, 9.17) is 5.11 Å². The molecule has 2 heterocycles. The van der Waals surface area contributed by atoms with E-state index in [0.717, 1.165) is 18.5 Å². The summed E-state index contributed by atoms with van der Waals surface area (Å²) in [6.07, 6.45) is 1.92. The van der Waals surface area contributed by atoms with Crippen molar-refractivity contribution in [3.8, 4) is 0 Å². The number of nitrogens with zero attached hydrogens (tertiary/aromatic N) is 2. The number of Topliss-reactive ketones (excluding diaryl/α,β-unsaturated/α-hetero) is 1. The first-order chi connectivity index (χ1) is 7.09. The van der Waals surface area contributed by atoms with Gasteiger partial charge in [-0.05, 0) is 6.07 Å². The van der Waals surface area contributed by atoms with Crippen LogP contribution in [0.15, 0.2) is 17.3 Å². The standard InChI is InChI=1S/C9H5FN2O3/c10-4-1-5-7(13)6(9(14)15)3-12-8(5)11-2-4/h1-3,6H,(H,14,15). The van der Waals surface area contributed by atoms with Crippen molar-refractivity contribution in [1.29, 1.82) is 0 Å². The summed E-state index contributed by atoms with van der Waals surface area (Å²) in [5, 5.41) is 8.68. The van der Waals surface area contributed by atoms with Crippen LogP contribution in [0.5, 0.6) is 0 Å². The van der Waals surface area contributed by atoms with E-state index in [1.807, 2.05) is 0 Å². The highest BCUT2D eigenvalue weighted by atomic mass is 19.1. The minimum atomic E-state index is -1.35. The SMILES string of the molecule is O=C(O)C1C=Nc2ncc(F)cc2C1=O. The van der Waals surface area contributed by atoms with Crippen LogP contribution >= 0.6 is 0 Å². The number of rotatable bonds is 1. The van der Waals surface area contributed by atoms with Gasteiger partial charge in [-0.2, -0.15) is 0 Å². The molecule has 6 heteroatoms.